The number of ether oxygens (including phenoxy) is 1. The Morgan fingerprint density at radius 3 is 2.47 bits per heavy atom. The highest BCUT2D eigenvalue weighted by molar-refractivity contribution is 7.15. The van der Waals surface area contributed by atoms with Crippen molar-refractivity contribution < 1.29 is 4.74 Å². The number of hydrogen-bond acceptors (Lipinski definition) is 6. The van der Waals surface area contributed by atoms with Crippen LogP contribution in [0.25, 0.3) is 22.4 Å². The summed E-state index contributed by atoms with van der Waals surface area (Å²) in [4.78, 5) is 21.7. The van der Waals surface area contributed by atoms with Crippen LogP contribution in [0, 0.1) is 0 Å². The third-order valence-electron chi connectivity index (χ3n) is 4.55. The molecular formula is C23H16N4O2S. The number of benzene rings is 2. The number of rotatable bonds is 5. The van der Waals surface area contributed by atoms with Gasteiger partial charge in [0.25, 0.3) is 5.56 Å². The van der Waals surface area contributed by atoms with E-state index >= 15 is 0 Å². The lowest BCUT2D eigenvalue weighted by atomic mass is 10.2. The molecule has 3 heterocycles. The average molecular weight is 412 g/mol. The molecule has 0 spiro atoms. The molecule has 7 heteroatoms. The second kappa shape index (κ2) is 7.88. The minimum absolute atomic E-state index is 0.174. The smallest absolute Gasteiger partial charge is 0.291 e. The molecule has 0 aliphatic rings. The molecule has 6 nitrogen and oxygen atoms in total. The van der Waals surface area contributed by atoms with E-state index in [1.165, 1.54) is 15.9 Å². The molecule has 0 N–H and O–H groups in total. The second-order valence-electron chi connectivity index (χ2n) is 6.62. The van der Waals surface area contributed by atoms with Gasteiger partial charge in [0.1, 0.15) is 12.4 Å². The summed E-state index contributed by atoms with van der Waals surface area (Å²) in [6.07, 6.45) is 5.19. The minimum Gasteiger partial charge on any atom is -0.489 e. The van der Waals surface area contributed by atoms with Crippen molar-refractivity contribution in [2.45, 2.75) is 6.61 Å². The molecular weight excluding hydrogens is 396 g/mol. The molecule has 0 amide bonds. The molecule has 3 aromatic heterocycles. The van der Waals surface area contributed by atoms with Crippen molar-refractivity contribution in [2.24, 2.45) is 0 Å². The molecule has 5 rings (SSSR count). The molecule has 0 saturated carbocycles. The fraction of sp³-hybridized carbons (Fsp3) is 0.0435. The molecule has 30 heavy (non-hydrogen) atoms. The maximum atomic E-state index is 12.7. The number of pyridine rings is 1. The number of aromatic nitrogens is 4. The number of hydrogen-bond donors (Lipinski definition) is 0. The number of nitrogens with zero attached hydrogens (tertiary/aromatic N) is 4. The number of fused-ring (bicyclic) bond motifs is 1. The standard InChI is InChI=1S/C23H16N4O2S/c28-22-20(30-23-25-21(26-27(22)23)18-10-12-24-13-11-18)14-16-6-8-19(9-7-16)29-15-17-4-2-1-3-5-17/h1-14H,15H2. The van der Waals surface area contributed by atoms with Crippen LogP contribution in [0.15, 0.2) is 83.9 Å². The summed E-state index contributed by atoms with van der Waals surface area (Å²) in [6, 6.07) is 21.3. The first-order valence-corrected chi connectivity index (χ1v) is 10.2. The monoisotopic (exact) mass is 412 g/mol. The van der Waals surface area contributed by atoms with Crippen molar-refractivity contribution in [3.63, 3.8) is 0 Å². The average Bonchev–Trinajstić information content (AvgIpc) is 3.34. The Bertz CT molecular complexity index is 1400. The van der Waals surface area contributed by atoms with Crippen molar-refractivity contribution >= 4 is 22.4 Å². The van der Waals surface area contributed by atoms with Crippen LogP contribution >= 0.6 is 11.3 Å². The normalized spacial score (nSPS) is 11.8. The molecule has 0 bridgehead atoms. The molecule has 0 atom stereocenters. The van der Waals surface area contributed by atoms with E-state index in [1.807, 2.05) is 72.8 Å². The molecule has 5 aromatic rings. The SMILES string of the molecule is O=c1c(=Cc2ccc(OCc3ccccc3)cc2)sc2nc(-c3ccncc3)nn12. The maximum Gasteiger partial charge on any atom is 0.291 e. The van der Waals surface area contributed by atoms with Crippen molar-refractivity contribution in [1.29, 1.82) is 0 Å². The number of thiazole rings is 1. The Morgan fingerprint density at radius 2 is 1.73 bits per heavy atom. The van der Waals surface area contributed by atoms with E-state index in [0.29, 0.717) is 21.9 Å². The highest BCUT2D eigenvalue weighted by atomic mass is 32.1. The zero-order chi connectivity index (χ0) is 20.3. The second-order valence-corrected chi connectivity index (χ2v) is 7.63. The molecule has 0 fully saturated rings. The summed E-state index contributed by atoms with van der Waals surface area (Å²) >= 11 is 1.32. The predicted molar refractivity (Wildman–Crippen MR) is 116 cm³/mol. The summed E-state index contributed by atoms with van der Waals surface area (Å²) in [5, 5.41) is 4.35. The molecule has 0 unspecified atom stereocenters. The van der Waals surface area contributed by atoms with Crippen LogP contribution < -0.4 is 14.8 Å². The topological polar surface area (TPSA) is 69.4 Å². The Balaban J connectivity index is 1.37. The van der Waals surface area contributed by atoms with Crippen LogP contribution in [-0.2, 0) is 6.61 Å². The zero-order valence-electron chi connectivity index (χ0n) is 15.8. The molecule has 0 radical (unpaired) electrons. The fourth-order valence-corrected chi connectivity index (χ4v) is 3.92. The maximum absolute atomic E-state index is 12.7. The largest absolute Gasteiger partial charge is 0.489 e. The summed E-state index contributed by atoms with van der Waals surface area (Å²) in [7, 11) is 0. The van der Waals surface area contributed by atoms with Gasteiger partial charge < -0.3 is 4.74 Å². The summed E-state index contributed by atoms with van der Waals surface area (Å²) < 4.78 is 7.75. The first kappa shape index (κ1) is 18.2. The van der Waals surface area contributed by atoms with Gasteiger partial charge in [-0.2, -0.15) is 9.50 Å². The van der Waals surface area contributed by atoms with Crippen LogP contribution in [0.1, 0.15) is 11.1 Å². The van der Waals surface area contributed by atoms with Crippen LogP contribution in [0.5, 0.6) is 5.75 Å². The van der Waals surface area contributed by atoms with E-state index in [-0.39, 0.29) is 5.56 Å². The molecule has 0 aliphatic heterocycles. The van der Waals surface area contributed by atoms with E-state index in [1.54, 1.807) is 12.4 Å². The minimum atomic E-state index is -0.174. The van der Waals surface area contributed by atoms with Crippen molar-refractivity contribution in [3.8, 4) is 17.1 Å². The lowest BCUT2D eigenvalue weighted by Crippen LogP contribution is -2.23. The van der Waals surface area contributed by atoms with Gasteiger partial charge in [0.05, 0.1) is 4.53 Å². The van der Waals surface area contributed by atoms with Gasteiger partial charge >= 0.3 is 0 Å². The Labute approximate surface area is 175 Å². The Morgan fingerprint density at radius 1 is 0.967 bits per heavy atom. The van der Waals surface area contributed by atoms with E-state index in [2.05, 4.69) is 15.1 Å². The summed E-state index contributed by atoms with van der Waals surface area (Å²) in [5.74, 6) is 1.30. The molecule has 0 aliphatic carbocycles. The first-order chi connectivity index (χ1) is 14.8. The lowest BCUT2D eigenvalue weighted by Gasteiger charge is -2.06. The van der Waals surface area contributed by atoms with Gasteiger partial charge in [0.15, 0.2) is 5.82 Å². The van der Waals surface area contributed by atoms with Gasteiger partial charge in [-0.25, -0.2) is 0 Å². The quantitative estimate of drug-likeness (QED) is 0.443. The lowest BCUT2D eigenvalue weighted by molar-refractivity contribution is 0.306. The van der Waals surface area contributed by atoms with Crippen molar-refractivity contribution in [3.05, 3.63) is 105 Å². The molecule has 146 valence electrons. The van der Waals surface area contributed by atoms with Crippen LogP contribution in [-0.4, -0.2) is 19.6 Å². The van der Waals surface area contributed by atoms with Crippen molar-refractivity contribution in [1.82, 2.24) is 19.6 Å². The Kier molecular flexibility index (Phi) is 4.78. The first-order valence-electron chi connectivity index (χ1n) is 9.35. The highest BCUT2D eigenvalue weighted by Gasteiger charge is 2.11. The van der Waals surface area contributed by atoms with E-state index in [9.17, 15) is 4.79 Å². The van der Waals surface area contributed by atoms with Crippen LogP contribution in [0.2, 0.25) is 0 Å². The summed E-state index contributed by atoms with van der Waals surface area (Å²) in [6.45, 7) is 0.516. The fourth-order valence-electron chi connectivity index (χ4n) is 3.01. The van der Waals surface area contributed by atoms with Gasteiger partial charge in [0.2, 0.25) is 4.96 Å². The van der Waals surface area contributed by atoms with E-state index in [4.69, 9.17) is 4.74 Å². The third-order valence-corrected chi connectivity index (χ3v) is 5.51. The van der Waals surface area contributed by atoms with Gasteiger partial charge in [-0.1, -0.05) is 53.8 Å². The van der Waals surface area contributed by atoms with E-state index < -0.39 is 0 Å². The Hall–Kier alpha value is -3.84. The summed E-state index contributed by atoms with van der Waals surface area (Å²) in [5.41, 5.74) is 2.69. The van der Waals surface area contributed by atoms with Gasteiger partial charge in [-0.05, 0) is 41.5 Å². The van der Waals surface area contributed by atoms with Crippen LogP contribution in [0.3, 0.4) is 0 Å². The van der Waals surface area contributed by atoms with E-state index in [0.717, 1.165) is 22.4 Å². The predicted octanol–water partition coefficient (Wildman–Crippen LogP) is 3.34. The molecule has 0 saturated heterocycles. The molecule has 2 aromatic carbocycles. The highest BCUT2D eigenvalue weighted by Crippen LogP contribution is 2.16. The van der Waals surface area contributed by atoms with Crippen molar-refractivity contribution in [2.75, 3.05) is 0 Å². The zero-order valence-corrected chi connectivity index (χ0v) is 16.6. The third kappa shape index (κ3) is 3.70. The van der Waals surface area contributed by atoms with Gasteiger partial charge in [-0.3, -0.25) is 9.78 Å². The van der Waals surface area contributed by atoms with Gasteiger partial charge in [0, 0.05) is 18.0 Å². The van der Waals surface area contributed by atoms with Crippen LogP contribution in [0.4, 0.5) is 0 Å². The van der Waals surface area contributed by atoms with Gasteiger partial charge in [-0.15, -0.1) is 5.10 Å².